The first-order valence-electron chi connectivity index (χ1n) is 13.6. The van der Waals surface area contributed by atoms with Gasteiger partial charge in [-0.15, -0.1) is 0 Å². The summed E-state index contributed by atoms with van der Waals surface area (Å²) in [4.78, 5) is 28.3. The van der Waals surface area contributed by atoms with Crippen molar-refractivity contribution in [3.05, 3.63) is 53.1 Å². The molecule has 0 spiro atoms. The van der Waals surface area contributed by atoms with E-state index in [1.54, 1.807) is 31.1 Å². The fourth-order valence-electron chi connectivity index (χ4n) is 4.89. The van der Waals surface area contributed by atoms with Crippen LogP contribution in [0.15, 0.2) is 42.5 Å². The van der Waals surface area contributed by atoms with Crippen LogP contribution >= 0.6 is 11.6 Å². The Labute approximate surface area is 242 Å². The van der Waals surface area contributed by atoms with Gasteiger partial charge in [0.25, 0.3) is 0 Å². The van der Waals surface area contributed by atoms with Crippen LogP contribution in [0.5, 0.6) is 11.5 Å². The van der Waals surface area contributed by atoms with E-state index < -0.39 is 16.1 Å². The van der Waals surface area contributed by atoms with Crippen LogP contribution in [-0.2, 0) is 26.2 Å². The molecule has 1 aliphatic carbocycles. The molecule has 220 valence electrons. The van der Waals surface area contributed by atoms with E-state index in [2.05, 4.69) is 5.32 Å². The highest BCUT2D eigenvalue weighted by Gasteiger charge is 2.28. The number of sulfonamides is 1. The average Bonchev–Trinajstić information content (AvgIpc) is 2.93. The van der Waals surface area contributed by atoms with Crippen molar-refractivity contribution in [2.45, 2.75) is 70.5 Å². The summed E-state index contributed by atoms with van der Waals surface area (Å²) >= 11 is 6.23. The zero-order valence-electron chi connectivity index (χ0n) is 23.7. The molecule has 2 amide bonds. The maximum absolute atomic E-state index is 13.5. The van der Waals surface area contributed by atoms with Gasteiger partial charge in [-0.05, 0) is 62.1 Å². The monoisotopic (exact) mass is 593 g/mol. The molecule has 0 aromatic heterocycles. The predicted octanol–water partition coefficient (Wildman–Crippen LogP) is 4.77. The van der Waals surface area contributed by atoms with Gasteiger partial charge < -0.3 is 19.7 Å². The highest BCUT2D eigenvalue weighted by molar-refractivity contribution is 7.92. The molecule has 1 fully saturated rings. The third kappa shape index (κ3) is 8.76. The minimum absolute atomic E-state index is 0.0626. The molecule has 0 saturated heterocycles. The first kappa shape index (κ1) is 31.5. The second kappa shape index (κ2) is 14.6. The summed E-state index contributed by atoms with van der Waals surface area (Å²) in [7, 11) is -0.574. The molecule has 40 heavy (non-hydrogen) atoms. The number of anilines is 1. The second-order valence-corrected chi connectivity index (χ2v) is 12.5. The van der Waals surface area contributed by atoms with Gasteiger partial charge in [0, 0.05) is 25.6 Å². The first-order chi connectivity index (χ1) is 19.0. The molecule has 11 heteroatoms. The van der Waals surface area contributed by atoms with Crippen LogP contribution in [0.2, 0.25) is 5.02 Å². The normalized spacial score (nSPS) is 14.7. The Bertz CT molecular complexity index is 1250. The number of carbonyl (C=O) groups excluding carboxylic acids is 2. The smallest absolute Gasteiger partial charge is 0.242 e. The van der Waals surface area contributed by atoms with E-state index in [0.717, 1.165) is 37.5 Å². The van der Waals surface area contributed by atoms with Crippen molar-refractivity contribution in [3.8, 4) is 11.5 Å². The van der Waals surface area contributed by atoms with E-state index in [1.165, 1.54) is 23.9 Å². The zero-order valence-corrected chi connectivity index (χ0v) is 25.3. The van der Waals surface area contributed by atoms with Crippen molar-refractivity contribution in [1.29, 1.82) is 0 Å². The molecule has 0 radical (unpaired) electrons. The van der Waals surface area contributed by atoms with Gasteiger partial charge in [0.2, 0.25) is 21.8 Å². The fraction of sp³-hybridized carbons (Fsp3) is 0.517. The van der Waals surface area contributed by atoms with Gasteiger partial charge in [-0.3, -0.25) is 13.9 Å². The zero-order chi connectivity index (χ0) is 29.3. The lowest BCUT2D eigenvalue weighted by atomic mass is 9.95. The number of ether oxygens (including phenoxy) is 2. The van der Waals surface area contributed by atoms with E-state index >= 15 is 0 Å². The number of halogens is 1. The minimum Gasteiger partial charge on any atom is -0.497 e. The summed E-state index contributed by atoms with van der Waals surface area (Å²) < 4.78 is 36.8. The van der Waals surface area contributed by atoms with Crippen molar-refractivity contribution in [1.82, 2.24) is 10.2 Å². The summed E-state index contributed by atoms with van der Waals surface area (Å²) in [5.74, 6) is 0.718. The highest BCUT2D eigenvalue weighted by Crippen LogP contribution is 2.30. The summed E-state index contributed by atoms with van der Waals surface area (Å²) in [5.41, 5.74) is 1.24. The SMILES string of the molecule is COc1ccc(CN(C(=O)CCCN(c2ccc(OC)c(Cl)c2)S(C)(=O)=O)[C@@H](C)C(=O)NC2CCCCC2)cc1. The fourth-order valence-corrected chi connectivity index (χ4v) is 6.10. The summed E-state index contributed by atoms with van der Waals surface area (Å²) in [6, 6.07) is 11.5. The number of nitrogens with zero attached hydrogens (tertiary/aromatic N) is 2. The summed E-state index contributed by atoms with van der Waals surface area (Å²) in [6.07, 6.45) is 6.67. The average molecular weight is 594 g/mol. The molecule has 3 rings (SSSR count). The highest BCUT2D eigenvalue weighted by atomic mass is 35.5. The number of nitrogens with one attached hydrogen (secondary N) is 1. The minimum atomic E-state index is -3.64. The molecular formula is C29H40ClN3O6S. The number of hydrogen-bond acceptors (Lipinski definition) is 6. The Morgan fingerprint density at radius 2 is 1.73 bits per heavy atom. The van der Waals surface area contributed by atoms with Crippen molar-refractivity contribution >= 4 is 39.1 Å². The Hall–Kier alpha value is -2.98. The van der Waals surface area contributed by atoms with Gasteiger partial charge in [-0.2, -0.15) is 0 Å². The van der Waals surface area contributed by atoms with E-state index in [9.17, 15) is 18.0 Å². The molecule has 1 aliphatic rings. The largest absolute Gasteiger partial charge is 0.497 e. The molecule has 2 aromatic carbocycles. The molecule has 2 aromatic rings. The number of benzene rings is 2. The summed E-state index contributed by atoms with van der Waals surface area (Å²) in [5, 5.41) is 3.41. The van der Waals surface area contributed by atoms with Crippen LogP contribution < -0.4 is 19.1 Å². The number of amides is 2. The standard InChI is InChI=1S/C29H40ClN3O6S/c1-21(29(35)31-23-9-6-5-7-10-23)32(20-22-12-15-25(38-2)16-13-22)28(34)11-8-18-33(40(4,36)37)24-14-17-27(39-3)26(30)19-24/h12-17,19,21,23H,5-11,18,20H2,1-4H3,(H,31,35)/t21-/m0/s1. The third-order valence-electron chi connectivity index (χ3n) is 7.21. The molecule has 0 unspecified atom stereocenters. The Balaban J connectivity index is 1.73. The third-order valence-corrected chi connectivity index (χ3v) is 8.70. The topological polar surface area (TPSA) is 105 Å². The maximum atomic E-state index is 13.5. The van der Waals surface area contributed by atoms with Gasteiger partial charge in [-0.25, -0.2) is 8.42 Å². The van der Waals surface area contributed by atoms with Crippen LogP contribution in [0.3, 0.4) is 0 Å². The Morgan fingerprint density at radius 3 is 2.30 bits per heavy atom. The van der Waals surface area contributed by atoms with Crippen LogP contribution in [0.1, 0.15) is 57.4 Å². The quantitative estimate of drug-likeness (QED) is 0.359. The molecule has 0 bridgehead atoms. The number of methoxy groups -OCH3 is 2. The van der Waals surface area contributed by atoms with E-state index in [-0.39, 0.29) is 48.8 Å². The molecule has 0 aliphatic heterocycles. The predicted molar refractivity (Wildman–Crippen MR) is 157 cm³/mol. The van der Waals surface area contributed by atoms with E-state index in [4.69, 9.17) is 21.1 Å². The summed E-state index contributed by atoms with van der Waals surface area (Å²) in [6.45, 7) is 2.06. The number of rotatable bonds is 13. The molecular weight excluding hydrogens is 554 g/mol. The second-order valence-electron chi connectivity index (χ2n) is 10.1. The molecule has 1 saturated carbocycles. The van der Waals surface area contributed by atoms with E-state index in [1.807, 2.05) is 24.3 Å². The molecule has 1 atom stereocenters. The molecule has 9 nitrogen and oxygen atoms in total. The molecule has 0 heterocycles. The van der Waals surface area contributed by atoms with Crippen molar-refractivity contribution in [2.75, 3.05) is 31.3 Å². The van der Waals surface area contributed by atoms with E-state index in [0.29, 0.717) is 17.2 Å². The van der Waals surface area contributed by atoms with Gasteiger partial charge in [0.05, 0.1) is 31.2 Å². The maximum Gasteiger partial charge on any atom is 0.242 e. The van der Waals surface area contributed by atoms with Crippen LogP contribution in [-0.4, -0.2) is 64.2 Å². The lowest BCUT2D eigenvalue weighted by Gasteiger charge is -2.31. The lowest BCUT2D eigenvalue weighted by molar-refractivity contribution is -0.141. The van der Waals surface area contributed by atoms with Gasteiger partial charge >= 0.3 is 0 Å². The van der Waals surface area contributed by atoms with Crippen molar-refractivity contribution in [2.24, 2.45) is 0 Å². The first-order valence-corrected chi connectivity index (χ1v) is 15.8. The van der Waals surface area contributed by atoms with Gasteiger partial charge in [-0.1, -0.05) is 43.0 Å². The van der Waals surface area contributed by atoms with Gasteiger partial charge in [0.1, 0.15) is 17.5 Å². The number of hydrogen-bond donors (Lipinski definition) is 1. The van der Waals surface area contributed by atoms with Crippen LogP contribution in [0.4, 0.5) is 5.69 Å². The van der Waals surface area contributed by atoms with Crippen molar-refractivity contribution in [3.63, 3.8) is 0 Å². The van der Waals surface area contributed by atoms with Gasteiger partial charge in [0.15, 0.2) is 0 Å². The van der Waals surface area contributed by atoms with Crippen LogP contribution in [0, 0.1) is 0 Å². The lowest BCUT2D eigenvalue weighted by Crippen LogP contribution is -2.50. The Morgan fingerprint density at radius 1 is 1.05 bits per heavy atom. The Kier molecular flexibility index (Phi) is 11.5. The van der Waals surface area contributed by atoms with Crippen LogP contribution in [0.25, 0.3) is 0 Å². The van der Waals surface area contributed by atoms with Crippen molar-refractivity contribution < 1.29 is 27.5 Å². The molecule has 1 N–H and O–H groups in total. The number of carbonyl (C=O) groups is 2.